The summed E-state index contributed by atoms with van der Waals surface area (Å²) in [5.74, 6) is 0.173. The number of nitrogens with zero attached hydrogens (tertiary/aromatic N) is 2. The van der Waals surface area contributed by atoms with Crippen LogP contribution in [-0.4, -0.2) is 62.3 Å². The van der Waals surface area contributed by atoms with E-state index in [0.717, 1.165) is 5.69 Å². The zero-order valence-electron chi connectivity index (χ0n) is 17.9. The maximum absolute atomic E-state index is 12.8. The number of ether oxygens (including phenoxy) is 2. The zero-order valence-corrected chi connectivity index (χ0v) is 18.8. The molecule has 0 aliphatic carbocycles. The van der Waals surface area contributed by atoms with Crippen LogP contribution in [0.5, 0.6) is 0 Å². The van der Waals surface area contributed by atoms with Crippen LogP contribution in [0.2, 0.25) is 0 Å². The number of methoxy groups -OCH3 is 2. The number of aromatic nitrogens is 1. The highest BCUT2D eigenvalue weighted by Gasteiger charge is 2.18. The lowest BCUT2D eigenvalue weighted by atomic mass is 10.0. The van der Waals surface area contributed by atoms with Gasteiger partial charge in [-0.1, -0.05) is 26.0 Å². The summed E-state index contributed by atoms with van der Waals surface area (Å²) in [6.45, 7) is 6.19. The summed E-state index contributed by atoms with van der Waals surface area (Å²) in [7, 11) is 3.16. The maximum atomic E-state index is 12.8. The Morgan fingerprint density at radius 3 is 2.47 bits per heavy atom. The van der Waals surface area contributed by atoms with Gasteiger partial charge in [-0.15, -0.1) is 11.3 Å². The molecule has 0 aliphatic heterocycles. The number of carbonyl (C=O) groups excluding carboxylic acids is 2. The SMILES string of the molecule is COCCNC(=O)c1csc(CN(CCOC)C(=O)Nc2ccc(C(C)C)cc2)n1. The van der Waals surface area contributed by atoms with Crippen molar-refractivity contribution >= 4 is 29.0 Å². The van der Waals surface area contributed by atoms with Gasteiger partial charge in [-0.2, -0.15) is 0 Å². The lowest BCUT2D eigenvalue weighted by Crippen LogP contribution is -2.36. The fourth-order valence-electron chi connectivity index (χ4n) is 2.62. The van der Waals surface area contributed by atoms with Gasteiger partial charge in [-0.3, -0.25) is 4.79 Å². The fraction of sp³-hybridized carbons (Fsp3) is 0.476. The van der Waals surface area contributed by atoms with Gasteiger partial charge < -0.3 is 25.0 Å². The van der Waals surface area contributed by atoms with Gasteiger partial charge in [-0.25, -0.2) is 9.78 Å². The lowest BCUT2D eigenvalue weighted by Gasteiger charge is -2.22. The Bertz CT molecular complexity index is 808. The molecule has 2 rings (SSSR count). The van der Waals surface area contributed by atoms with Crippen molar-refractivity contribution < 1.29 is 19.1 Å². The molecule has 30 heavy (non-hydrogen) atoms. The quantitative estimate of drug-likeness (QED) is 0.529. The molecule has 0 fully saturated rings. The second kappa shape index (κ2) is 12.3. The van der Waals surface area contributed by atoms with Gasteiger partial charge in [0.2, 0.25) is 0 Å². The van der Waals surface area contributed by atoms with Crippen LogP contribution < -0.4 is 10.6 Å². The van der Waals surface area contributed by atoms with E-state index in [1.54, 1.807) is 24.5 Å². The van der Waals surface area contributed by atoms with E-state index in [4.69, 9.17) is 9.47 Å². The van der Waals surface area contributed by atoms with E-state index >= 15 is 0 Å². The van der Waals surface area contributed by atoms with Gasteiger partial charge in [0.1, 0.15) is 10.7 Å². The first-order valence-electron chi connectivity index (χ1n) is 9.81. The van der Waals surface area contributed by atoms with Crippen LogP contribution >= 0.6 is 11.3 Å². The van der Waals surface area contributed by atoms with Crippen LogP contribution in [0.3, 0.4) is 0 Å². The molecule has 1 heterocycles. The maximum Gasteiger partial charge on any atom is 0.322 e. The van der Waals surface area contributed by atoms with Crippen molar-refractivity contribution in [1.29, 1.82) is 0 Å². The van der Waals surface area contributed by atoms with Crippen LogP contribution in [0.25, 0.3) is 0 Å². The molecular formula is C21H30N4O4S. The van der Waals surface area contributed by atoms with Crippen molar-refractivity contribution in [3.05, 3.63) is 45.9 Å². The van der Waals surface area contributed by atoms with Gasteiger partial charge in [0.25, 0.3) is 5.91 Å². The van der Waals surface area contributed by atoms with Crippen molar-refractivity contribution in [2.24, 2.45) is 0 Å². The minimum atomic E-state index is -0.257. The molecule has 0 bridgehead atoms. The number of nitrogens with one attached hydrogen (secondary N) is 2. The van der Waals surface area contributed by atoms with E-state index in [1.165, 1.54) is 16.9 Å². The molecule has 0 atom stereocenters. The molecule has 1 aromatic heterocycles. The molecule has 0 spiro atoms. The number of hydrogen-bond acceptors (Lipinski definition) is 6. The van der Waals surface area contributed by atoms with Gasteiger partial charge in [0.15, 0.2) is 0 Å². The summed E-state index contributed by atoms with van der Waals surface area (Å²) in [6.07, 6.45) is 0. The Morgan fingerprint density at radius 1 is 1.13 bits per heavy atom. The summed E-state index contributed by atoms with van der Waals surface area (Å²) >= 11 is 1.34. The molecular weight excluding hydrogens is 404 g/mol. The number of urea groups is 1. The van der Waals surface area contributed by atoms with Crippen molar-refractivity contribution in [3.8, 4) is 0 Å². The number of carbonyl (C=O) groups is 2. The molecule has 0 aliphatic rings. The van der Waals surface area contributed by atoms with E-state index < -0.39 is 0 Å². The lowest BCUT2D eigenvalue weighted by molar-refractivity contribution is 0.0932. The topological polar surface area (TPSA) is 92.8 Å². The van der Waals surface area contributed by atoms with Crippen LogP contribution in [0.15, 0.2) is 29.6 Å². The minimum Gasteiger partial charge on any atom is -0.383 e. The third kappa shape index (κ3) is 7.40. The van der Waals surface area contributed by atoms with Gasteiger partial charge in [0, 0.05) is 38.4 Å². The Hall–Kier alpha value is -2.49. The molecule has 1 aromatic carbocycles. The number of rotatable bonds is 11. The van der Waals surface area contributed by atoms with E-state index in [1.807, 2.05) is 24.3 Å². The highest BCUT2D eigenvalue weighted by atomic mass is 32.1. The van der Waals surface area contributed by atoms with Crippen LogP contribution in [0.1, 0.15) is 40.8 Å². The summed E-state index contributed by atoms with van der Waals surface area (Å²) in [6, 6.07) is 7.57. The number of benzene rings is 1. The Morgan fingerprint density at radius 2 is 1.83 bits per heavy atom. The van der Waals surface area contributed by atoms with Gasteiger partial charge in [-0.05, 0) is 23.6 Å². The second-order valence-electron chi connectivity index (χ2n) is 7.00. The molecule has 2 N–H and O–H groups in total. The molecule has 3 amide bonds. The Balaban J connectivity index is 2.01. The molecule has 8 nitrogen and oxygen atoms in total. The first-order chi connectivity index (χ1) is 14.4. The van der Waals surface area contributed by atoms with Gasteiger partial charge in [0.05, 0.1) is 19.8 Å². The normalized spacial score (nSPS) is 10.8. The summed E-state index contributed by atoms with van der Waals surface area (Å²) in [5, 5.41) is 8.02. The second-order valence-corrected chi connectivity index (χ2v) is 7.94. The molecule has 0 radical (unpaired) electrons. The molecule has 164 valence electrons. The largest absolute Gasteiger partial charge is 0.383 e. The number of anilines is 1. The van der Waals surface area contributed by atoms with Crippen LogP contribution in [-0.2, 0) is 16.0 Å². The standard InChI is InChI=1S/C21H30N4O4S/c1-15(2)16-5-7-17(8-6-16)23-21(27)25(10-12-29-4)13-19-24-18(14-30-19)20(26)22-9-11-28-3/h5-8,14-15H,9-13H2,1-4H3,(H,22,26)(H,23,27). The zero-order chi connectivity index (χ0) is 21.9. The van der Waals surface area contributed by atoms with Crippen molar-refractivity contribution in [1.82, 2.24) is 15.2 Å². The fourth-order valence-corrected chi connectivity index (χ4v) is 3.40. The van der Waals surface area contributed by atoms with Crippen molar-refractivity contribution in [2.75, 3.05) is 45.8 Å². The number of hydrogen-bond donors (Lipinski definition) is 2. The number of amides is 3. The monoisotopic (exact) mass is 434 g/mol. The Kier molecular flexibility index (Phi) is 9.72. The molecule has 0 saturated carbocycles. The first-order valence-corrected chi connectivity index (χ1v) is 10.7. The molecule has 2 aromatic rings. The average Bonchev–Trinajstić information content (AvgIpc) is 3.20. The summed E-state index contributed by atoms with van der Waals surface area (Å²) < 4.78 is 10.1. The third-order valence-corrected chi connectivity index (χ3v) is 5.22. The predicted octanol–water partition coefficient (Wildman–Crippen LogP) is 3.32. The van der Waals surface area contributed by atoms with Crippen molar-refractivity contribution in [3.63, 3.8) is 0 Å². The summed E-state index contributed by atoms with van der Waals surface area (Å²) in [5.41, 5.74) is 2.27. The van der Waals surface area contributed by atoms with E-state index in [9.17, 15) is 9.59 Å². The molecule has 0 unspecified atom stereocenters. The third-order valence-electron chi connectivity index (χ3n) is 4.38. The molecule has 9 heteroatoms. The van der Waals surface area contributed by atoms with E-state index in [2.05, 4.69) is 29.5 Å². The highest BCUT2D eigenvalue weighted by molar-refractivity contribution is 7.09. The van der Waals surface area contributed by atoms with Crippen molar-refractivity contribution in [2.45, 2.75) is 26.3 Å². The van der Waals surface area contributed by atoms with E-state index in [-0.39, 0.29) is 18.5 Å². The van der Waals surface area contributed by atoms with E-state index in [0.29, 0.717) is 42.9 Å². The minimum absolute atomic E-state index is 0.245. The average molecular weight is 435 g/mol. The Labute approximate surface area is 181 Å². The molecule has 0 saturated heterocycles. The highest BCUT2D eigenvalue weighted by Crippen LogP contribution is 2.18. The van der Waals surface area contributed by atoms with Gasteiger partial charge >= 0.3 is 6.03 Å². The predicted molar refractivity (Wildman–Crippen MR) is 118 cm³/mol. The number of thiazole rings is 1. The smallest absolute Gasteiger partial charge is 0.322 e. The summed E-state index contributed by atoms with van der Waals surface area (Å²) in [4.78, 5) is 30.9. The van der Waals surface area contributed by atoms with Crippen LogP contribution in [0.4, 0.5) is 10.5 Å². The first kappa shape index (κ1) is 23.8. The van der Waals surface area contributed by atoms with Crippen LogP contribution in [0, 0.1) is 0 Å².